The zero-order valence-corrected chi connectivity index (χ0v) is 16.5. The second-order valence-electron chi connectivity index (χ2n) is 6.54. The first kappa shape index (κ1) is 18.7. The lowest BCUT2D eigenvalue weighted by Gasteiger charge is -2.16. The molecule has 1 atom stereocenters. The van der Waals surface area contributed by atoms with Gasteiger partial charge in [-0.15, -0.1) is 11.3 Å². The Hall–Kier alpha value is -2.63. The van der Waals surface area contributed by atoms with Crippen molar-refractivity contribution in [1.82, 2.24) is 10.3 Å². The van der Waals surface area contributed by atoms with Crippen LogP contribution in [-0.2, 0) is 11.2 Å². The van der Waals surface area contributed by atoms with E-state index in [4.69, 9.17) is 11.6 Å². The molecule has 2 aromatic carbocycles. The molecule has 2 N–H and O–H groups in total. The molecule has 0 unspecified atom stereocenters. The van der Waals surface area contributed by atoms with Gasteiger partial charge in [0.25, 0.3) is 0 Å². The Morgan fingerprint density at radius 3 is 2.79 bits per heavy atom. The molecule has 0 aliphatic heterocycles. The third-order valence-corrected chi connectivity index (χ3v) is 6.13. The molecule has 0 saturated carbocycles. The number of halogens is 2. The molecule has 0 aliphatic rings. The van der Waals surface area contributed by atoms with Crippen molar-refractivity contribution in [3.8, 4) is 0 Å². The maximum Gasteiger partial charge on any atom is 0.224 e. The number of aromatic amines is 1. The minimum Gasteiger partial charge on any atom is -0.361 e. The number of H-pyrrole nitrogens is 1. The lowest BCUT2D eigenvalue weighted by atomic mass is 9.96. The molecule has 0 fully saturated rings. The molecular formula is C22H18ClFN2OS. The van der Waals surface area contributed by atoms with Gasteiger partial charge in [0.05, 0.1) is 6.42 Å². The zero-order valence-electron chi connectivity index (χ0n) is 14.9. The molecule has 0 spiro atoms. The summed E-state index contributed by atoms with van der Waals surface area (Å²) < 4.78 is 14.0. The van der Waals surface area contributed by atoms with Crippen molar-refractivity contribution in [2.24, 2.45) is 0 Å². The molecule has 0 radical (unpaired) electrons. The minimum atomic E-state index is -0.464. The molecule has 28 heavy (non-hydrogen) atoms. The summed E-state index contributed by atoms with van der Waals surface area (Å²) in [6.07, 6.45) is 1.91. The number of benzene rings is 2. The number of carbonyl (C=O) groups is 1. The van der Waals surface area contributed by atoms with Gasteiger partial charge in [-0.3, -0.25) is 4.79 Å². The first-order chi connectivity index (χ1) is 13.6. The standard InChI is InChI=1S/C22H18ClFN2OS/c23-18-6-3-7-19(24)15(18)11-22(27)26-13-17(21-9-4-10-28-21)16-12-25-20-8-2-1-5-14(16)20/h1-10,12,17,25H,11,13H2,(H,26,27)/t17-/m0/s1. The molecule has 0 aliphatic carbocycles. The number of fused-ring (bicyclic) bond motifs is 1. The van der Waals surface area contributed by atoms with Crippen LogP contribution in [0.2, 0.25) is 5.02 Å². The molecule has 2 aromatic heterocycles. The van der Waals surface area contributed by atoms with Crippen molar-refractivity contribution in [3.05, 3.63) is 93.0 Å². The Morgan fingerprint density at radius 1 is 1.14 bits per heavy atom. The molecule has 0 saturated heterocycles. The zero-order chi connectivity index (χ0) is 19.5. The Morgan fingerprint density at radius 2 is 2.00 bits per heavy atom. The van der Waals surface area contributed by atoms with E-state index >= 15 is 0 Å². The molecule has 4 rings (SSSR count). The Labute approximate surface area is 171 Å². The fourth-order valence-corrected chi connectivity index (χ4v) is 4.45. The highest BCUT2D eigenvalue weighted by Crippen LogP contribution is 2.32. The first-order valence-electron chi connectivity index (χ1n) is 8.92. The van der Waals surface area contributed by atoms with E-state index in [1.54, 1.807) is 17.4 Å². The minimum absolute atomic E-state index is 0.0104. The number of hydrogen-bond acceptors (Lipinski definition) is 2. The van der Waals surface area contributed by atoms with Gasteiger partial charge in [0.15, 0.2) is 0 Å². The van der Waals surface area contributed by atoms with Crippen LogP contribution in [0.3, 0.4) is 0 Å². The maximum atomic E-state index is 14.0. The average molecular weight is 413 g/mol. The van der Waals surface area contributed by atoms with Crippen molar-refractivity contribution in [3.63, 3.8) is 0 Å². The molecular weight excluding hydrogens is 395 g/mol. The Balaban J connectivity index is 1.55. The summed E-state index contributed by atoms with van der Waals surface area (Å²) in [4.78, 5) is 16.9. The average Bonchev–Trinajstić information content (AvgIpc) is 3.36. The van der Waals surface area contributed by atoms with Gasteiger partial charge in [-0.25, -0.2) is 4.39 Å². The van der Waals surface area contributed by atoms with Crippen LogP contribution in [0, 0.1) is 5.82 Å². The van der Waals surface area contributed by atoms with Gasteiger partial charge in [-0.2, -0.15) is 0 Å². The molecule has 4 aromatic rings. The number of thiophene rings is 1. The molecule has 2 heterocycles. The number of rotatable bonds is 6. The summed E-state index contributed by atoms with van der Waals surface area (Å²) in [7, 11) is 0. The van der Waals surface area contributed by atoms with Crippen LogP contribution in [0.5, 0.6) is 0 Å². The lowest BCUT2D eigenvalue weighted by Crippen LogP contribution is -2.30. The number of amides is 1. The van der Waals surface area contributed by atoms with E-state index in [0.717, 1.165) is 21.3 Å². The normalized spacial score (nSPS) is 12.2. The lowest BCUT2D eigenvalue weighted by molar-refractivity contribution is -0.120. The smallest absolute Gasteiger partial charge is 0.224 e. The predicted octanol–water partition coefficient (Wildman–Crippen LogP) is 5.51. The second kappa shape index (κ2) is 8.17. The highest BCUT2D eigenvalue weighted by Gasteiger charge is 2.20. The van der Waals surface area contributed by atoms with Crippen molar-refractivity contribution >= 4 is 39.7 Å². The van der Waals surface area contributed by atoms with Crippen molar-refractivity contribution in [1.29, 1.82) is 0 Å². The fraction of sp³-hybridized carbons (Fsp3) is 0.136. The second-order valence-corrected chi connectivity index (χ2v) is 7.93. The summed E-state index contributed by atoms with van der Waals surface area (Å²) in [5.74, 6) is -0.710. The van der Waals surface area contributed by atoms with Gasteiger partial charge in [0, 0.05) is 45.0 Å². The van der Waals surface area contributed by atoms with Crippen LogP contribution in [0.1, 0.15) is 21.9 Å². The number of aromatic nitrogens is 1. The molecule has 0 bridgehead atoms. The SMILES string of the molecule is O=C(Cc1c(F)cccc1Cl)NC[C@H](c1cccs1)c1c[nH]c2ccccc12. The highest BCUT2D eigenvalue weighted by atomic mass is 35.5. The Kier molecular flexibility index (Phi) is 5.46. The first-order valence-corrected chi connectivity index (χ1v) is 10.2. The molecule has 3 nitrogen and oxygen atoms in total. The van der Waals surface area contributed by atoms with Crippen LogP contribution in [0.4, 0.5) is 4.39 Å². The maximum absolute atomic E-state index is 14.0. The van der Waals surface area contributed by atoms with E-state index in [1.807, 2.05) is 35.8 Å². The van der Waals surface area contributed by atoms with Gasteiger partial charge < -0.3 is 10.3 Å². The third kappa shape index (κ3) is 3.81. The number of para-hydroxylation sites is 1. The molecule has 1 amide bonds. The van der Waals surface area contributed by atoms with Crippen LogP contribution >= 0.6 is 22.9 Å². The van der Waals surface area contributed by atoms with Crippen molar-refractivity contribution in [2.75, 3.05) is 6.54 Å². The van der Waals surface area contributed by atoms with Gasteiger partial charge in [-0.1, -0.05) is 41.9 Å². The summed E-state index contributed by atoms with van der Waals surface area (Å²) >= 11 is 7.69. The van der Waals surface area contributed by atoms with E-state index in [1.165, 1.54) is 12.1 Å². The summed E-state index contributed by atoms with van der Waals surface area (Å²) in [6.45, 7) is 0.424. The number of hydrogen-bond donors (Lipinski definition) is 2. The van der Waals surface area contributed by atoms with Gasteiger partial charge >= 0.3 is 0 Å². The molecule has 6 heteroatoms. The van der Waals surface area contributed by atoms with Gasteiger partial charge in [0.2, 0.25) is 5.91 Å². The predicted molar refractivity (Wildman–Crippen MR) is 113 cm³/mol. The third-order valence-electron chi connectivity index (χ3n) is 4.79. The van der Waals surface area contributed by atoms with E-state index < -0.39 is 5.82 Å². The Bertz CT molecular complexity index is 1090. The van der Waals surface area contributed by atoms with E-state index in [-0.39, 0.29) is 28.8 Å². The number of carbonyl (C=O) groups excluding carboxylic acids is 1. The topological polar surface area (TPSA) is 44.9 Å². The van der Waals surface area contributed by atoms with E-state index in [0.29, 0.717) is 6.54 Å². The van der Waals surface area contributed by atoms with Crippen LogP contribution in [0.15, 0.2) is 66.2 Å². The van der Waals surface area contributed by atoms with Gasteiger partial charge in [0.1, 0.15) is 5.82 Å². The summed E-state index contributed by atoms with van der Waals surface area (Å²) in [5.41, 5.74) is 2.41. The van der Waals surface area contributed by atoms with Crippen molar-refractivity contribution in [2.45, 2.75) is 12.3 Å². The van der Waals surface area contributed by atoms with E-state index in [2.05, 4.69) is 22.4 Å². The quantitative estimate of drug-likeness (QED) is 0.430. The largest absolute Gasteiger partial charge is 0.361 e. The summed E-state index contributed by atoms with van der Waals surface area (Å²) in [6, 6.07) is 16.6. The van der Waals surface area contributed by atoms with Gasteiger partial charge in [-0.05, 0) is 35.2 Å². The van der Waals surface area contributed by atoms with E-state index in [9.17, 15) is 9.18 Å². The monoisotopic (exact) mass is 412 g/mol. The van der Waals surface area contributed by atoms with Crippen LogP contribution in [0.25, 0.3) is 10.9 Å². The van der Waals surface area contributed by atoms with Crippen molar-refractivity contribution < 1.29 is 9.18 Å². The number of nitrogens with one attached hydrogen (secondary N) is 2. The van der Waals surface area contributed by atoms with Crippen LogP contribution in [-0.4, -0.2) is 17.4 Å². The molecule has 142 valence electrons. The summed E-state index contributed by atoms with van der Waals surface area (Å²) in [5, 5.41) is 6.38. The fourth-order valence-electron chi connectivity index (χ4n) is 3.38. The highest BCUT2D eigenvalue weighted by molar-refractivity contribution is 7.10. The van der Waals surface area contributed by atoms with Crippen LogP contribution < -0.4 is 5.32 Å².